The molecule has 94 valence electrons. The van der Waals surface area contributed by atoms with E-state index in [1.165, 1.54) is 7.11 Å². The van der Waals surface area contributed by atoms with Gasteiger partial charge in [0, 0.05) is 6.42 Å². The van der Waals surface area contributed by atoms with Crippen LogP contribution in [0.4, 0.5) is 0 Å². The highest BCUT2D eigenvalue weighted by atomic mass is 16.5. The number of carbonyl (C=O) groups excluding carboxylic acids is 1. The Hall–Kier alpha value is -2.15. The topological polar surface area (TPSA) is 55.7 Å². The van der Waals surface area contributed by atoms with Crippen LogP contribution in [0.3, 0.4) is 0 Å². The van der Waals surface area contributed by atoms with Crippen LogP contribution in [-0.4, -0.2) is 13.1 Å². The third kappa shape index (κ3) is 3.42. The molecular weight excluding hydrogens is 230 g/mol. The minimum absolute atomic E-state index is 0.383. The maximum absolute atomic E-state index is 11.7. The van der Waals surface area contributed by atoms with Gasteiger partial charge in [0.05, 0.1) is 13.0 Å². The second kappa shape index (κ2) is 7.23. The molecular formula is C14H15NO3. The van der Waals surface area contributed by atoms with Crippen LogP contribution in [0.5, 0.6) is 0 Å². The first-order valence-corrected chi connectivity index (χ1v) is 5.63. The van der Waals surface area contributed by atoms with Gasteiger partial charge in [-0.05, 0) is 12.0 Å². The first kappa shape index (κ1) is 13.9. The Kier molecular flexibility index (Phi) is 5.59. The van der Waals surface area contributed by atoms with E-state index in [9.17, 15) is 9.70 Å². The number of hydrogen-bond acceptors (Lipinski definition) is 4. The van der Waals surface area contributed by atoms with Crippen molar-refractivity contribution in [1.82, 2.24) is 0 Å². The summed E-state index contributed by atoms with van der Waals surface area (Å²) in [5, 5.41) is 3.06. The molecule has 0 aliphatic rings. The van der Waals surface area contributed by atoms with E-state index in [1.807, 2.05) is 6.07 Å². The Balaban J connectivity index is 2.97. The number of nitrogens with zero attached hydrogens (tertiary/aromatic N) is 1. The van der Waals surface area contributed by atoms with Crippen LogP contribution in [0.15, 0.2) is 35.5 Å². The number of methoxy groups -OCH3 is 1. The van der Waals surface area contributed by atoms with Crippen LogP contribution in [-0.2, 0) is 9.53 Å². The molecule has 18 heavy (non-hydrogen) atoms. The summed E-state index contributed by atoms with van der Waals surface area (Å²) in [5.41, 5.74) is 0.694. The van der Waals surface area contributed by atoms with Crippen molar-refractivity contribution in [2.45, 2.75) is 18.9 Å². The first-order valence-electron chi connectivity index (χ1n) is 5.63. The van der Waals surface area contributed by atoms with Gasteiger partial charge in [0.25, 0.3) is 0 Å². The minimum atomic E-state index is -0.757. The van der Waals surface area contributed by atoms with Gasteiger partial charge >= 0.3 is 5.97 Å². The monoisotopic (exact) mass is 245 g/mol. The molecule has 0 saturated carbocycles. The molecule has 0 N–H and O–H groups in total. The highest BCUT2D eigenvalue weighted by molar-refractivity contribution is 5.73. The fourth-order valence-electron chi connectivity index (χ4n) is 1.81. The van der Waals surface area contributed by atoms with E-state index in [2.05, 4.69) is 11.1 Å². The van der Waals surface area contributed by atoms with Gasteiger partial charge in [-0.1, -0.05) is 35.5 Å². The van der Waals surface area contributed by atoms with Gasteiger partial charge in [-0.15, -0.1) is 12.3 Å². The summed E-state index contributed by atoms with van der Waals surface area (Å²) in [5.74, 6) is 1.36. The number of esters is 1. The zero-order valence-electron chi connectivity index (χ0n) is 10.2. The molecule has 0 fully saturated rings. The third-order valence-electron chi connectivity index (χ3n) is 2.74. The van der Waals surface area contributed by atoms with E-state index in [1.54, 1.807) is 24.3 Å². The number of ether oxygens (including phenoxy) is 1. The molecule has 1 aromatic rings. The maximum Gasteiger partial charge on any atom is 0.311 e. The van der Waals surface area contributed by atoms with E-state index in [0.717, 1.165) is 0 Å². The average molecular weight is 245 g/mol. The highest BCUT2D eigenvalue weighted by Gasteiger charge is 2.31. The molecule has 0 aromatic heterocycles. The fraction of sp³-hybridized carbons (Fsp3) is 0.357. The number of carbonyl (C=O) groups is 1. The molecule has 0 aliphatic carbocycles. The molecule has 4 heteroatoms. The lowest BCUT2D eigenvalue weighted by atomic mass is 9.90. The summed E-state index contributed by atoms with van der Waals surface area (Å²) in [4.78, 5) is 22.7. The number of rotatable bonds is 6. The van der Waals surface area contributed by atoms with Crippen molar-refractivity contribution in [2.75, 3.05) is 7.11 Å². The second-order valence-corrected chi connectivity index (χ2v) is 3.83. The first-order chi connectivity index (χ1) is 8.74. The van der Waals surface area contributed by atoms with Crippen LogP contribution in [0, 0.1) is 23.2 Å². The summed E-state index contributed by atoms with van der Waals surface area (Å²) in [7, 11) is 1.29. The van der Waals surface area contributed by atoms with E-state index in [0.29, 0.717) is 18.4 Å². The zero-order chi connectivity index (χ0) is 13.4. The molecule has 2 atom stereocenters. The Bertz CT molecular complexity index is 436. The van der Waals surface area contributed by atoms with Gasteiger partial charge in [-0.2, -0.15) is 4.91 Å². The van der Waals surface area contributed by atoms with E-state index >= 15 is 0 Å². The lowest BCUT2D eigenvalue weighted by Gasteiger charge is -2.18. The van der Waals surface area contributed by atoms with Crippen LogP contribution < -0.4 is 0 Å². The second-order valence-electron chi connectivity index (χ2n) is 3.83. The standard InChI is InChI=1S/C14H15NO3/c1-3-4-10-12(14(16)18-2)13(15-17)11-8-6-5-7-9-11/h1,5-9,12-13H,4,10H2,2H3/t12-,13-/m1/s1. The molecule has 0 bridgehead atoms. The maximum atomic E-state index is 11.7. The summed E-state index contributed by atoms with van der Waals surface area (Å²) < 4.78 is 4.71. The predicted octanol–water partition coefficient (Wildman–Crippen LogP) is 2.70. The Morgan fingerprint density at radius 1 is 1.44 bits per heavy atom. The van der Waals surface area contributed by atoms with Gasteiger partial charge < -0.3 is 4.74 Å². The zero-order valence-corrected chi connectivity index (χ0v) is 10.2. The molecule has 0 radical (unpaired) electrons. The van der Waals surface area contributed by atoms with E-state index < -0.39 is 17.9 Å². The predicted molar refractivity (Wildman–Crippen MR) is 68.6 cm³/mol. The van der Waals surface area contributed by atoms with Gasteiger partial charge in [-0.25, -0.2) is 0 Å². The molecule has 0 spiro atoms. The number of benzene rings is 1. The molecule has 0 aliphatic heterocycles. The van der Waals surface area contributed by atoms with Crippen LogP contribution >= 0.6 is 0 Å². The van der Waals surface area contributed by atoms with Crippen molar-refractivity contribution in [3.8, 4) is 12.3 Å². The average Bonchev–Trinajstić information content (AvgIpc) is 2.43. The van der Waals surface area contributed by atoms with E-state index in [4.69, 9.17) is 11.2 Å². The molecule has 4 nitrogen and oxygen atoms in total. The fourth-order valence-corrected chi connectivity index (χ4v) is 1.81. The van der Waals surface area contributed by atoms with Gasteiger partial charge in [-0.3, -0.25) is 4.79 Å². The summed E-state index contributed by atoms with van der Waals surface area (Å²) in [6.45, 7) is 0. The highest BCUT2D eigenvalue weighted by Crippen LogP contribution is 2.30. The Morgan fingerprint density at radius 2 is 2.11 bits per heavy atom. The number of terminal acetylenes is 1. The summed E-state index contributed by atoms with van der Waals surface area (Å²) in [6.07, 6.45) is 5.97. The van der Waals surface area contributed by atoms with Gasteiger partial charge in [0.1, 0.15) is 6.04 Å². The summed E-state index contributed by atoms with van der Waals surface area (Å²) in [6, 6.07) is 8.19. The molecule has 0 amide bonds. The third-order valence-corrected chi connectivity index (χ3v) is 2.74. The van der Waals surface area contributed by atoms with Crippen molar-refractivity contribution in [2.24, 2.45) is 11.1 Å². The molecule has 0 unspecified atom stereocenters. The van der Waals surface area contributed by atoms with Crippen molar-refractivity contribution in [1.29, 1.82) is 0 Å². The normalized spacial score (nSPS) is 13.1. The van der Waals surface area contributed by atoms with E-state index in [-0.39, 0.29) is 0 Å². The SMILES string of the molecule is C#CCC[C@@H](C(=O)OC)[C@H](N=O)c1ccccc1. The molecule has 1 rings (SSSR count). The number of hydrogen-bond donors (Lipinski definition) is 0. The Morgan fingerprint density at radius 3 is 2.61 bits per heavy atom. The Labute approximate surface area is 106 Å². The van der Waals surface area contributed by atoms with Crippen LogP contribution in [0.1, 0.15) is 24.4 Å². The molecule has 0 saturated heterocycles. The van der Waals surface area contributed by atoms with Crippen molar-refractivity contribution >= 4 is 5.97 Å². The van der Waals surface area contributed by atoms with Crippen LogP contribution in [0.25, 0.3) is 0 Å². The van der Waals surface area contributed by atoms with Crippen molar-refractivity contribution in [3.05, 3.63) is 40.8 Å². The van der Waals surface area contributed by atoms with Crippen LogP contribution in [0.2, 0.25) is 0 Å². The molecule has 0 heterocycles. The lowest BCUT2D eigenvalue weighted by Crippen LogP contribution is -2.22. The van der Waals surface area contributed by atoms with Gasteiger partial charge in [0.15, 0.2) is 0 Å². The smallest absolute Gasteiger partial charge is 0.311 e. The number of nitroso groups, excluding NO2 is 1. The van der Waals surface area contributed by atoms with Gasteiger partial charge in [0.2, 0.25) is 0 Å². The minimum Gasteiger partial charge on any atom is -0.469 e. The molecule has 1 aromatic carbocycles. The quantitative estimate of drug-likeness (QED) is 0.440. The van der Waals surface area contributed by atoms with Crippen molar-refractivity contribution < 1.29 is 9.53 Å². The largest absolute Gasteiger partial charge is 0.469 e. The summed E-state index contributed by atoms with van der Waals surface area (Å²) >= 11 is 0. The van der Waals surface area contributed by atoms with Crippen molar-refractivity contribution in [3.63, 3.8) is 0 Å². The lowest BCUT2D eigenvalue weighted by molar-refractivity contribution is -0.146.